The van der Waals surface area contributed by atoms with Crippen molar-refractivity contribution in [3.8, 4) is 0 Å². The predicted octanol–water partition coefficient (Wildman–Crippen LogP) is 3.60. The number of thiazole rings is 1. The highest BCUT2D eigenvalue weighted by atomic mass is 32.1. The van der Waals surface area contributed by atoms with Crippen LogP contribution in [0.5, 0.6) is 0 Å². The number of esters is 1. The van der Waals surface area contributed by atoms with Gasteiger partial charge >= 0.3 is 5.97 Å². The number of ether oxygens (including phenoxy) is 1. The maximum atomic E-state index is 12.1. The summed E-state index contributed by atoms with van der Waals surface area (Å²) < 4.78 is 5.06. The average Bonchev–Trinajstić information content (AvgIpc) is 3.33. The molecule has 3 rings (SSSR count). The van der Waals surface area contributed by atoms with Gasteiger partial charge in [-0.3, -0.25) is 4.79 Å². The number of amides is 1. The van der Waals surface area contributed by atoms with E-state index in [4.69, 9.17) is 4.74 Å². The second-order valence-corrected chi connectivity index (χ2v) is 8.04. The molecule has 8 heteroatoms. The molecule has 3 N–H and O–H groups in total. The van der Waals surface area contributed by atoms with Crippen molar-refractivity contribution >= 4 is 39.2 Å². The fourth-order valence-electron chi connectivity index (χ4n) is 2.85. The van der Waals surface area contributed by atoms with Crippen LogP contribution in [0.25, 0.3) is 10.9 Å². The normalized spacial score (nSPS) is 11.0. The van der Waals surface area contributed by atoms with Crippen LogP contribution in [0.3, 0.4) is 0 Å². The van der Waals surface area contributed by atoms with E-state index in [1.54, 1.807) is 5.38 Å². The highest BCUT2D eigenvalue weighted by Crippen LogP contribution is 2.18. The second-order valence-electron chi connectivity index (χ2n) is 7.18. The Bertz CT molecular complexity index is 964. The molecule has 0 fully saturated rings. The molecule has 0 aliphatic heterocycles. The molecule has 0 radical (unpaired) electrons. The Balaban J connectivity index is 1.38. The Hall–Kier alpha value is -2.87. The summed E-state index contributed by atoms with van der Waals surface area (Å²) in [5, 5.41) is 9.43. The largest absolute Gasteiger partial charge is 0.451 e. The van der Waals surface area contributed by atoms with Crippen LogP contribution >= 0.6 is 11.3 Å². The van der Waals surface area contributed by atoms with E-state index in [2.05, 4.69) is 34.4 Å². The number of hydrogen-bond donors (Lipinski definition) is 3. The number of nitrogens with zero attached hydrogens (tertiary/aromatic N) is 1. The van der Waals surface area contributed by atoms with Crippen molar-refractivity contribution in [1.82, 2.24) is 15.3 Å². The van der Waals surface area contributed by atoms with E-state index in [0.29, 0.717) is 24.0 Å². The third kappa shape index (κ3) is 6.05. The lowest BCUT2D eigenvalue weighted by atomic mass is 10.1. The molecule has 0 aliphatic rings. The molecular weight excluding hydrogens is 388 g/mol. The fourth-order valence-corrected chi connectivity index (χ4v) is 3.56. The number of rotatable bonds is 10. The fraction of sp³-hybridized carbons (Fsp3) is 0.381. The number of aromatic amines is 1. The first kappa shape index (κ1) is 20.9. The first-order chi connectivity index (χ1) is 14.0. The van der Waals surface area contributed by atoms with Crippen molar-refractivity contribution in [2.75, 3.05) is 25.0 Å². The Morgan fingerprint density at radius 1 is 1.24 bits per heavy atom. The summed E-state index contributed by atoms with van der Waals surface area (Å²) in [6, 6.07) is 8.03. The van der Waals surface area contributed by atoms with Gasteiger partial charge in [0.2, 0.25) is 0 Å². The Labute approximate surface area is 173 Å². The van der Waals surface area contributed by atoms with Gasteiger partial charge < -0.3 is 20.4 Å². The summed E-state index contributed by atoms with van der Waals surface area (Å²) in [4.78, 5) is 31.4. The topological polar surface area (TPSA) is 96.1 Å². The van der Waals surface area contributed by atoms with E-state index in [0.717, 1.165) is 29.4 Å². The molecule has 29 heavy (non-hydrogen) atoms. The number of fused-ring (bicyclic) bond motifs is 1. The average molecular weight is 415 g/mol. The van der Waals surface area contributed by atoms with Crippen molar-refractivity contribution in [1.29, 1.82) is 0 Å². The molecule has 2 heterocycles. The van der Waals surface area contributed by atoms with E-state index in [1.807, 2.05) is 30.5 Å². The van der Waals surface area contributed by atoms with Crippen LogP contribution in [-0.2, 0) is 16.0 Å². The number of hydrogen-bond acceptors (Lipinski definition) is 6. The van der Waals surface area contributed by atoms with Gasteiger partial charge in [-0.1, -0.05) is 32.0 Å². The van der Waals surface area contributed by atoms with Gasteiger partial charge in [-0.2, -0.15) is 0 Å². The van der Waals surface area contributed by atoms with Crippen molar-refractivity contribution in [3.63, 3.8) is 0 Å². The number of carbonyl (C=O) groups is 2. The molecule has 0 spiro atoms. The molecule has 1 aromatic carbocycles. The van der Waals surface area contributed by atoms with Crippen LogP contribution in [0.4, 0.5) is 5.13 Å². The van der Waals surface area contributed by atoms with Crippen molar-refractivity contribution in [2.24, 2.45) is 5.92 Å². The highest BCUT2D eigenvalue weighted by Gasteiger charge is 2.14. The summed E-state index contributed by atoms with van der Waals surface area (Å²) in [6.45, 7) is 5.26. The Morgan fingerprint density at radius 3 is 2.90 bits per heavy atom. The van der Waals surface area contributed by atoms with E-state index in [9.17, 15) is 9.59 Å². The summed E-state index contributed by atoms with van der Waals surface area (Å²) in [5.74, 6) is -0.324. The van der Waals surface area contributed by atoms with Crippen LogP contribution in [0.1, 0.15) is 36.3 Å². The molecule has 0 bridgehead atoms. The molecule has 0 atom stereocenters. The first-order valence-electron chi connectivity index (χ1n) is 9.71. The summed E-state index contributed by atoms with van der Waals surface area (Å²) in [5.41, 5.74) is 2.43. The quantitative estimate of drug-likeness (QED) is 0.441. The van der Waals surface area contributed by atoms with Crippen LogP contribution in [0, 0.1) is 5.92 Å². The monoisotopic (exact) mass is 414 g/mol. The number of anilines is 1. The number of benzene rings is 1. The van der Waals surface area contributed by atoms with Gasteiger partial charge in [0.15, 0.2) is 17.4 Å². The lowest BCUT2D eigenvalue weighted by Crippen LogP contribution is -2.30. The molecule has 1 amide bonds. The summed E-state index contributed by atoms with van der Waals surface area (Å²) in [7, 11) is 0. The molecule has 0 unspecified atom stereocenters. The third-order valence-electron chi connectivity index (χ3n) is 4.44. The molecule has 0 saturated carbocycles. The van der Waals surface area contributed by atoms with E-state index < -0.39 is 5.97 Å². The minimum absolute atomic E-state index is 0.216. The number of para-hydroxylation sites is 1. The summed E-state index contributed by atoms with van der Waals surface area (Å²) >= 11 is 1.35. The minimum atomic E-state index is -0.593. The molecule has 0 aliphatic carbocycles. The summed E-state index contributed by atoms with van der Waals surface area (Å²) in [6.07, 6.45) is 3.67. The number of nitrogens with one attached hydrogen (secondary N) is 3. The van der Waals surface area contributed by atoms with E-state index in [1.165, 1.54) is 11.3 Å². The number of H-pyrrole nitrogens is 1. The lowest BCUT2D eigenvalue weighted by molar-refractivity contribution is -0.124. The Morgan fingerprint density at radius 2 is 2.07 bits per heavy atom. The van der Waals surface area contributed by atoms with E-state index in [-0.39, 0.29) is 18.2 Å². The van der Waals surface area contributed by atoms with Crippen molar-refractivity contribution in [3.05, 3.63) is 47.1 Å². The van der Waals surface area contributed by atoms with Gasteiger partial charge in [-0.15, -0.1) is 11.3 Å². The van der Waals surface area contributed by atoms with Gasteiger partial charge in [0, 0.05) is 35.6 Å². The second kappa shape index (κ2) is 10.1. The maximum Gasteiger partial charge on any atom is 0.358 e. The van der Waals surface area contributed by atoms with E-state index >= 15 is 0 Å². The number of aromatic nitrogens is 2. The smallest absolute Gasteiger partial charge is 0.358 e. The zero-order valence-corrected chi connectivity index (χ0v) is 17.5. The number of carbonyl (C=O) groups excluding carboxylic acids is 2. The minimum Gasteiger partial charge on any atom is -0.451 e. The highest BCUT2D eigenvalue weighted by molar-refractivity contribution is 7.13. The first-order valence-corrected chi connectivity index (χ1v) is 10.6. The molecule has 154 valence electrons. The molecule has 3 aromatic rings. The lowest BCUT2D eigenvalue weighted by Gasteiger charge is -2.06. The van der Waals surface area contributed by atoms with Gasteiger partial charge in [-0.05, 0) is 30.4 Å². The molecule has 0 saturated heterocycles. The zero-order chi connectivity index (χ0) is 20.6. The maximum absolute atomic E-state index is 12.1. The predicted molar refractivity (Wildman–Crippen MR) is 115 cm³/mol. The van der Waals surface area contributed by atoms with Gasteiger partial charge in [0.05, 0.1) is 0 Å². The molecule has 7 nitrogen and oxygen atoms in total. The van der Waals surface area contributed by atoms with Gasteiger partial charge in [0.1, 0.15) is 0 Å². The van der Waals surface area contributed by atoms with Crippen molar-refractivity contribution in [2.45, 2.75) is 26.7 Å². The van der Waals surface area contributed by atoms with Crippen LogP contribution in [-0.4, -0.2) is 41.5 Å². The van der Waals surface area contributed by atoms with Crippen LogP contribution in [0.2, 0.25) is 0 Å². The molecular formula is C21H26N4O3S. The van der Waals surface area contributed by atoms with Crippen LogP contribution < -0.4 is 10.6 Å². The SMILES string of the molecule is CC(C)CCNc1nc(C(=O)OCC(=O)NCCc2c[nH]c3ccccc23)cs1. The van der Waals surface area contributed by atoms with Gasteiger partial charge in [0.25, 0.3) is 5.91 Å². The standard InChI is InChI=1S/C21H26N4O3S/c1-14(2)7-9-23-21-25-18(13-29-21)20(27)28-12-19(26)22-10-8-15-11-24-17-6-4-3-5-16(15)17/h3-6,11,13-14,24H,7-10,12H2,1-2H3,(H,22,26)(H,23,25). The Kier molecular flexibility index (Phi) is 7.24. The third-order valence-corrected chi connectivity index (χ3v) is 5.24. The van der Waals surface area contributed by atoms with Gasteiger partial charge in [-0.25, -0.2) is 9.78 Å². The zero-order valence-electron chi connectivity index (χ0n) is 16.7. The van der Waals surface area contributed by atoms with Crippen molar-refractivity contribution < 1.29 is 14.3 Å². The molecule has 2 aromatic heterocycles. The van der Waals surface area contributed by atoms with Crippen LogP contribution in [0.15, 0.2) is 35.8 Å².